The summed E-state index contributed by atoms with van der Waals surface area (Å²) in [5.41, 5.74) is 2.31. The number of amides is 1. The Kier molecular flexibility index (Phi) is 5.62. The van der Waals surface area contributed by atoms with Crippen molar-refractivity contribution in [3.05, 3.63) is 48.3 Å². The maximum atomic E-state index is 12.8. The van der Waals surface area contributed by atoms with Crippen molar-refractivity contribution in [1.29, 1.82) is 0 Å². The SMILES string of the molecule is C=CCn1c(SCC(=O)N2CCc3ccccc32)nnc1C1CCCCC1. The zero-order chi connectivity index (χ0) is 18.6. The Morgan fingerprint density at radius 2 is 2.04 bits per heavy atom. The molecule has 1 amide bonds. The molecule has 0 bridgehead atoms. The van der Waals surface area contributed by atoms with E-state index in [0.29, 0.717) is 18.2 Å². The van der Waals surface area contributed by atoms with Crippen LogP contribution in [0.5, 0.6) is 0 Å². The average Bonchev–Trinajstić information content (AvgIpc) is 3.31. The van der Waals surface area contributed by atoms with Gasteiger partial charge in [0, 0.05) is 24.7 Å². The maximum Gasteiger partial charge on any atom is 0.237 e. The number of anilines is 1. The largest absolute Gasteiger partial charge is 0.311 e. The Morgan fingerprint density at radius 3 is 2.85 bits per heavy atom. The second-order valence-corrected chi connectivity index (χ2v) is 8.23. The van der Waals surface area contributed by atoms with Crippen molar-refractivity contribution in [2.24, 2.45) is 0 Å². The minimum Gasteiger partial charge on any atom is -0.311 e. The lowest BCUT2D eigenvalue weighted by molar-refractivity contribution is -0.116. The quantitative estimate of drug-likeness (QED) is 0.555. The number of hydrogen-bond acceptors (Lipinski definition) is 4. The van der Waals surface area contributed by atoms with Crippen LogP contribution in [0.25, 0.3) is 0 Å². The van der Waals surface area contributed by atoms with Crippen LogP contribution >= 0.6 is 11.8 Å². The van der Waals surface area contributed by atoms with Crippen LogP contribution in [0.4, 0.5) is 5.69 Å². The van der Waals surface area contributed by atoms with Gasteiger partial charge in [0.25, 0.3) is 0 Å². The van der Waals surface area contributed by atoms with E-state index in [0.717, 1.165) is 29.6 Å². The lowest BCUT2D eigenvalue weighted by Crippen LogP contribution is -2.30. The van der Waals surface area contributed by atoms with Crippen LogP contribution < -0.4 is 4.90 Å². The Balaban J connectivity index is 1.46. The van der Waals surface area contributed by atoms with E-state index in [9.17, 15) is 4.79 Å². The molecule has 142 valence electrons. The molecule has 1 aliphatic heterocycles. The molecule has 4 rings (SSSR count). The highest BCUT2D eigenvalue weighted by Crippen LogP contribution is 2.34. The fourth-order valence-corrected chi connectivity index (χ4v) is 5.00. The molecule has 0 spiro atoms. The van der Waals surface area contributed by atoms with Gasteiger partial charge in [-0.1, -0.05) is 55.3 Å². The molecule has 1 aromatic heterocycles. The van der Waals surface area contributed by atoms with Crippen LogP contribution in [0, 0.1) is 0 Å². The number of para-hydroxylation sites is 1. The van der Waals surface area contributed by atoms with Gasteiger partial charge in [0.05, 0.1) is 5.75 Å². The summed E-state index contributed by atoms with van der Waals surface area (Å²) in [6, 6.07) is 8.17. The lowest BCUT2D eigenvalue weighted by Gasteiger charge is -2.21. The minimum absolute atomic E-state index is 0.136. The van der Waals surface area contributed by atoms with Gasteiger partial charge in [0.1, 0.15) is 5.82 Å². The maximum absolute atomic E-state index is 12.8. The predicted molar refractivity (Wildman–Crippen MR) is 109 cm³/mol. The second kappa shape index (κ2) is 8.30. The highest BCUT2D eigenvalue weighted by atomic mass is 32.2. The summed E-state index contributed by atoms with van der Waals surface area (Å²) in [6.07, 6.45) is 9.04. The topological polar surface area (TPSA) is 51.0 Å². The number of hydrogen-bond donors (Lipinski definition) is 0. The van der Waals surface area contributed by atoms with Gasteiger partial charge in [-0.05, 0) is 30.9 Å². The highest BCUT2D eigenvalue weighted by molar-refractivity contribution is 7.99. The molecular weight excluding hydrogens is 356 g/mol. The molecule has 0 N–H and O–H groups in total. The van der Waals surface area contributed by atoms with Gasteiger partial charge in [-0.15, -0.1) is 16.8 Å². The Hall–Kier alpha value is -2.08. The third-order valence-corrected chi connectivity index (χ3v) is 6.49. The number of aromatic nitrogens is 3. The third kappa shape index (κ3) is 3.81. The normalized spacial score (nSPS) is 17.1. The third-order valence-electron chi connectivity index (χ3n) is 5.54. The van der Waals surface area contributed by atoms with Gasteiger partial charge in [0.2, 0.25) is 5.91 Å². The smallest absolute Gasteiger partial charge is 0.237 e. The van der Waals surface area contributed by atoms with Gasteiger partial charge in [0.15, 0.2) is 5.16 Å². The van der Waals surface area contributed by atoms with Gasteiger partial charge in [-0.2, -0.15) is 0 Å². The van der Waals surface area contributed by atoms with Crippen LogP contribution in [-0.4, -0.2) is 33.0 Å². The summed E-state index contributed by atoms with van der Waals surface area (Å²) < 4.78 is 2.15. The minimum atomic E-state index is 0.136. The van der Waals surface area contributed by atoms with Gasteiger partial charge in [-0.3, -0.25) is 4.79 Å². The van der Waals surface area contributed by atoms with Crippen molar-refractivity contribution in [2.45, 2.75) is 56.1 Å². The van der Waals surface area contributed by atoms with Crippen LogP contribution in [0.2, 0.25) is 0 Å². The molecule has 1 aromatic carbocycles. The Morgan fingerprint density at radius 1 is 1.22 bits per heavy atom. The van der Waals surface area contributed by atoms with E-state index >= 15 is 0 Å². The first-order chi connectivity index (χ1) is 13.3. The van der Waals surface area contributed by atoms with Crippen molar-refractivity contribution in [1.82, 2.24) is 14.8 Å². The van der Waals surface area contributed by atoms with E-state index in [2.05, 4.69) is 27.4 Å². The molecule has 0 saturated heterocycles. The average molecular weight is 383 g/mol. The number of allylic oxidation sites excluding steroid dienone is 1. The number of nitrogens with zero attached hydrogens (tertiary/aromatic N) is 4. The number of benzene rings is 1. The first kappa shape index (κ1) is 18.3. The van der Waals surface area contributed by atoms with Gasteiger partial charge < -0.3 is 9.47 Å². The molecule has 1 fully saturated rings. The summed E-state index contributed by atoms with van der Waals surface area (Å²) in [4.78, 5) is 14.7. The number of rotatable bonds is 6. The molecule has 2 aromatic rings. The van der Waals surface area contributed by atoms with Crippen molar-refractivity contribution < 1.29 is 4.79 Å². The van der Waals surface area contributed by atoms with E-state index in [1.165, 1.54) is 49.4 Å². The monoisotopic (exact) mass is 382 g/mol. The van der Waals surface area contributed by atoms with Gasteiger partial charge in [-0.25, -0.2) is 0 Å². The van der Waals surface area contributed by atoms with Crippen LogP contribution in [0.15, 0.2) is 42.1 Å². The van der Waals surface area contributed by atoms with E-state index < -0.39 is 0 Å². The Bertz CT molecular complexity index is 825. The molecule has 5 nitrogen and oxygen atoms in total. The van der Waals surface area contributed by atoms with Crippen molar-refractivity contribution >= 4 is 23.4 Å². The van der Waals surface area contributed by atoms with Crippen molar-refractivity contribution in [3.63, 3.8) is 0 Å². The number of carbonyl (C=O) groups is 1. The molecule has 1 saturated carbocycles. The predicted octanol–water partition coefficient (Wildman–Crippen LogP) is 4.19. The molecule has 0 atom stereocenters. The van der Waals surface area contributed by atoms with Gasteiger partial charge >= 0.3 is 0 Å². The second-order valence-electron chi connectivity index (χ2n) is 7.29. The molecule has 27 heavy (non-hydrogen) atoms. The van der Waals surface area contributed by atoms with Crippen LogP contribution in [0.3, 0.4) is 0 Å². The summed E-state index contributed by atoms with van der Waals surface area (Å²) in [5.74, 6) is 2.07. The van der Waals surface area contributed by atoms with E-state index in [4.69, 9.17) is 0 Å². The molecule has 6 heteroatoms. The first-order valence-corrected chi connectivity index (χ1v) is 10.8. The van der Waals surface area contributed by atoms with E-state index in [1.807, 2.05) is 29.2 Å². The molecule has 1 aliphatic carbocycles. The van der Waals surface area contributed by atoms with E-state index in [1.54, 1.807) is 0 Å². The lowest BCUT2D eigenvalue weighted by atomic mass is 9.89. The fraction of sp³-hybridized carbons (Fsp3) is 0.476. The van der Waals surface area contributed by atoms with E-state index in [-0.39, 0.29) is 5.91 Å². The molecule has 2 aliphatic rings. The summed E-state index contributed by atoms with van der Waals surface area (Å²) >= 11 is 1.49. The molecular formula is C21H26N4OS. The zero-order valence-corrected chi connectivity index (χ0v) is 16.5. The summed E-state index contributed by atoms with van der Waals surface area (Å²) in [5, 5.41) is 9.73. The Labute approximate surface area is 164 Å². The number of thioether (sulfide) groups is 1. The van der Waals surface area contributed by atoms with Crippen molar-refractivity contribution in [2.75, 3.05) is 17.2 Å². The fourth-order valence-electron chi connectivity index (χ4n) is 4.17. The highest BCUT2D eigenvalue weighted by Gasteiger charge is 2.26. The van der Waals surface area contributed by atoms with Crippen molar-refractivity contribution in [3.8, 4) is 0 Å². The molecule has 2 heterocycles. The molecule has 0 radical (unpaired) electrons. The zero-order valence-electron chi connectivity index (χ0n) is 15.6. The first-order valence-electron chi connectivity index (χ1n) is 9.83. The summed E-state index contributed by atoms with van der Waals surface area (Å²) in [7, 11) is 0. The summed E-state index contributed by atoms with van der Waals surface area (Å²) in [6.45, 7) is 5.35. The number of carbonyl (C=O) groups excluding carboxylic acids is 1. The molecule has 0 unspecified atom stereocenters. The standard InChI is InChI=1S/C21H26N4OS/c1-2-13-25-20(17-9-4-3-5-10-17)22-23-21(25)27-15-19(26)24-14-12-16-8-6-7-11-18(16)24/h2,6-8,11,17H,1,3-5,9-10,12-15H2. The number of fused-ring (bicyclic) bond motifs is 1. The van der Waals surface area contributed by atoms with Crippen LogP contribution in [0.1, 0.15) is 49.4 Å². The van der Waals surface area contributed by atoms with Crippen LogP contribution in [-0.2, 0) is 17.8 Å².